The van der Waals surface area contributed by atoms with E-state index in [1.165, 1.54) is 5.56 Å². The Balaban J connectivity index is 2.12. The van der Waals surface area contributed by atoms with Crippen LogP contribution in [0.5, 0.6) is 0 Å². The van der Waals surface area contributed by atoms with E-state index in [0.29, 0.717) is 0 Å². The number of aromatic nitrogens is 1. The first kappa shape index (κ1) is 13.3. The molecule has 0 radical (unpaired) electrons. The first-order valence-corrected chi connectivity index (χ1v) is 7.30. The molecule has 3 rings (SSSR count). The van der Waals surface area contributed by atoms with Crippen molar-refractivity contribution in [2.75, 3.05) is 0 Å². The zero-order valence-corrected chi connectivity index (χ0v) is 12.8. The minimum atomic E-state index is -0.132. The van der Waals surface area contributed by atoms with Crippen LogP contribution < -0.4 is 5.73 Å². The molecule has 2 aromatic carbocycles. The molecule has 0 fully saturated rings. The van der Waals surface area contributed by atoms with Gasteiger partial charge in [-0.1, -0.05) is 46.3 Å². The molecule has 2 nitrogen and oxygen atoms in total. The summed E-state index contributed by atoms with van der Waals surface area (Å²) in [6.45, 7) is 2.08. The molecule has 0 aliphatic heterocycles. The normalized spacial score (nSPS) is 12.6. The van der Waals surface area contributed by atoms with Crippen LogP contribution in [0, 0.1) is 6.92 Å². The second-order valence-corrected chi connectivity index (χ2v) is 5.78. The van der Waals surface area contributed by atoms with Crippen LogP contribution in [-0.4, -0.2) is 4.98 Å². The zero-order chi connectivity index (χ0) is 14.1. The van der Waals surface area contributed by atoms with Crippen molar-refractivity contribution in [1.29, 1.82) is 0 Å². The van der Waals surface area contributed by atoms with Crippen LogP contribution in [-0.2, 0) is 0 Å². The minimum absolute atomic E-state index is 0.132. The van der Waals surface area contributed by atoms with E-state index in [1.54, 1.807) is 0 Å². The number of hydrogen-bond donors (Lipinski definition) is 1. The molecular formula is C17H15BrN2. The highest BCUT2D eigenvalue weighted by Gasteiger charge is 2.12. The molecule has 1 unspecified atom stereocenters. The van der Waals surface area contributed by atoms with Gasteiger partial charge in [-0.25, -0.2) is 0 Å². The summed E-state index contributed by atoms with van der Waals surface area (Å²) in [6, 6.07) is 14.3. The molecule has 0 spiro atoms. The number of nitrogens with zero attached hydrogens (tertiary/aromatic N) is 1. The van der Waals surface area contributed by atoms with Gasteiger partial charge in [-0.05, 0) is 41.1 Å². The SMILES string of the molecule is Cc1cc(C(N)c2cccc3cnccc23)ccc1Br. The zero-order valence-electron chi connectivity index (χ0n) is 11.2. The molecule has 2 N–H and O–H groups in total. The minimum Gasteiger partial charge on any atom is -0.320 e. The average molecular weight is 327 g/mol. The molecule has 0 aliphatic rings. The van der Waals surface area contributed by atoms with E-state index in [9.17, 15) is 0 Å². The van der Waals surface area contributed by atoms with Gasteiger partial charge in [0, 0.05) is 22.3 Å². The van der Waals surface area contributed by atoms with Crippen LogP contribution in [0.15, 0.2) is 59.3 Å². The number of hydrogen-bond acceptors (Lipinski definition) is 2. The van der Waals surface area contributed by atoms with Crippen molar-refractivity contribution < 1.29 is 0 Å². The summed E-state index contributed by atoms with van der Waals surface area (Å²) >= 11 is 3.53. The lowest BCUT2D eigenvalue weighted by Gasteiger charge is -2.16. The van der Waals surface area contributed by atoms with Crippen molar-refractivity contribution in [3.8, 4) is 0 Å². The fourth-order valence-corrected chi connectivity index (χ4v) is 2.71. The summed E-state index contributed by atoms with van der Waals surface area (Å²) in [5.41, 5.74) is 9.91. The summed E-state index contributed by atoms with van der Waals surface area (Å²) in [4.78, 5) is 4.16. The van der Waals surface area contributed by atoms with Crippen molar-refractivity contribution in [3.63, 3.8) is 0 Å². The molecule has 0 saturated heterocycles. The monoisotopic (exact) mass is 326 g/mol. The number of fused-ring (bicyclic) bond motifs is 1. The van der Waals surface area contributed by atoms with Gasteiger partial charge in [-0.2, -0.15) is 0 Å². The number of aryl methyl sites for hydroxylation is 1. The Bertz CT molecular complexity index is 763. The number of nitrogens with two attached hydrogens (primary N) is 1. The molecule has 0 amide bonds. The van der Waals surface area contributed by atoms with Gasteiger partial charge in [0.05, 0.1) is 6.04 Å². The number of rotatable bonds is 2. The van der Waals surface area contributed by atoms with Gasteiger partial charge in [0.25, 0.3) is 0 Å². The summed E-state index contributed by atoms with van der Waals surface area (Å²) in [5.74, 6) is 0. The van der Waals surface area contributed by atoms with E-state index in [0.717, 1.165) is 26.4 Å². The first-order chi connectivity index (χ1) is 9.66. The van der Waals surface area contributed by atoms with Gasteiger partial charge in [0.1, 0.15) is 0 Å². The van der Waals surface area contributed by atoms with Crippen LogP contribution in [0.2, 0.25) is 0 Å². The Morgan fingerprint density at radius 3 is 2.80 bits per heavy atom. The summed E-state index contributed by atoms with van der Waals surface area (Å²) in [5, 5.41) is 2.28. The van der Waals surface area contributed by atoms with Gasteiger partial charge in [0.2, 0.25) is 0 Å². The van der Waals surface area contributed by atoms with E-state index in [1.807, 2.05) is 24.5 Å². The van der Waals surface area contributed by atoms with Crippen LogP contribution in [0.3, 0.4) is 0 Å². The number of halogens is 1. The van der Waals surface area contributed by atoms with Crippen LogP contribution >= 0.6 is 15.9 Å². The lowest BCUT2D eigenvalue weighted by molar-refractivity contribution is 0.878. The van der Waals surface area contributed by atoms with E-state index in [-0.39, 0.29) is 6.04 Å². The van der Waals surface area contributed by atoms with Crippen LogP contribution in [0.1, 0.15) is 22.7 Å². The Morgan fingerprint density at radius 1 is 1.15 bits per heavy atom. The summed E-state index contributed by atoms with van der Waals surface area (Å²) in [7, 11) is 0. The van der Waals surface area contributed by atoms with Gasteiger partial charge < -0.3 is 5.73 Å². The van der Waals surface area contributed by atoms with Gasteiger partial charge in [-0.15, -0.1) is 0 Å². The smallest absolute Gasteiger partial charge is 0.0557 e. The van der Waals surface area contributed by atoms with E-state index < -0.39 is 0 Å². The Kier molecular flexibility index (Phi) is 3.55. The fourth-order valence-electron chi connectivity index (χ4n) is 2.46. The van der Waals surface area contributed by atoms with Gasteiger partial charge in [0.15, 0.2) is 0 Å². The summed E-state index contributed by atoms with van der Waals surface area (Å²) < 4.78 is 1.11. The highest BCUT2D eigenvalue weighted by molar-refractivity contribution is 9.10. The van der Waals surface area contributed by atoms with Crippen molar-refractivity contribution in [3.05, 3.63) is 76.0 Å². The third kappa shape index (κ3) is 2.35. The lowest BCUT2D eigenvalue weighted by atomic mass is 9.94. The molecule has 3 heteroatoms. The molecule has 3 aromatic rings. The van der Waals surface area contributed by atoms with Crippen molar-refractivity contribution in [1.82, 2.24) is 4.98 Å². The standard InChI is InChI=1S/C17H15BrN2/c1-11-9-12(5-6-16(11)18)17(19)15-4-2-3-13-10-20-8-7-14(13)15/h2-10,17H,19H2,1H3. The van der Waals surface area contributed by atoms with E-state index in [4.69, 9.17) is 5.73 Å². The predicted molar refractivity (Wildman–Crippen MR) is 86.7 cm³/mol. The van der Waals surface area contributed by atoms with E-state index in [2.05, 4.69) is 58.2 Å². The second-order valence-electron chi connectivity index (χ2n) is 4.93. The highest BCUT2D eigenvalue weighted by atomic mass is 79.9. The van der Waals surface area contributed by atoms with Gasteiger partial charge in [-0.3, -0.25) is 4.98 Å². The maximum atomic E-state index is 6.47. The molecule has 0 aliphatic carbocycles. The molecule has 0 saturated carbocycles. The first-order valence-electron chi connectivity index (χ1n) is 6.51. The van der Waals surface area contributed by atoms with E-state index >= 15 is 0 Å². The Labute approximate surface area is 126 Å². The largest absolute Gasteiger partial charge is 0.320 e. The maximum absolute atomic E-state index is 6.47. The molecule has 100 valence electrons. The fraction of sp³-hybridized carbons (Fsp3) is 0.118. The second kappa shape index (κ2) is 5.35. The van der Waals surface area contributed by atoms with Crippen LogP contribution in [0.4, 0.5) is 0 Å². The molecular weight excluding hydrogens is 312 g/mol. The van der Waals surface area contributed by atoms with Crippen molar-refractivity contribution >= 4 is 26.7 Å². The quantitative estimate of drug-likeness (QED) is 0.760. The highest BCUT2D eigenvalue weighted by Crippen LogP contribution is 2.28. The molecule has 1 aromatic heterocycles. The van der Waals surface area contributed by atoms with Crippen molar-refractivity contribution in [2.45, 2.75) is 13.0 Å². The molecule has 0 bridgehead atoms. The van der Waals surface area contributed by atoms with Crippen LogP contribution in [0.25, 0.3) is 10.8 Å². The summed E-state index contributed by atoms with van der Waals surface area (Å²) in [6.07, 6.45) is 3.68. The Morgan fingerprint density at radius 2 is 2.00 bits per heavy atom. The average Bonchev–Trinajstić information content (AvgIpc) is 2.49. The third-order valence-electron chi connectivity index (χ3n) is 3.59. The molecule has 1 heterocycles. The maximum Gasteiger partial charge on any atom is 0.0557 e. The Hall–Kier alpha value is -1.71. The van der Waals surface area contributed by atoms with Crippen molar-refractivity contribution in [2.24, 2.45) is 5.73 Å². The number of benzene rings is 2. The molecule has 1 atom stereocenters. The van der Waals surface area contributed by atoms with Gasteiger partial charge >= 0.3 is 0 Å². The predicted octanol–water partition coefficient (Wildman–Crippen LogP) is 4.35. The third-order valence-corrected chi connectivity index (χ3v) is 4.48. The topological polar surface area (TPSA) is 38.9 Å². The number of pyridine rings is 1. The lowest BCUT2D eigenvalue weighted by Crippen LogP contribution is -2.12. The molecule has 20 heavy (non-hydrogen) atoms.